The second-order valence-corrected chi connectivity index (χ2v) is 7.80. The molecule has 1 fully saturated rings. The lowest BCUT2D eigenvalue weighted by atomic mass is 10.3. The van der Waals surface area contributed by atoms with Gasteiger partial charge in [0.2, 0.25) is 5.91 Å². The van der Waals surface area contributed by atoms with Crippen LogP contribution in [0.15, 0.2) is 4.99 Å². The fourth-order valence-corrected chi connectivity index (χ4v) is 3.64. The normalized spacial score (nSPS) is 15.6. The van der Waals surface area contributed by atoms with Gasteiger partial charge in [0.15, 0.2) is 5.96 Å². The average Bonchev–Trinajstić information content (AvgIpc) is 2.92. The number of aromatic nitrogens is 1. The molecule has 1 amide bonds. The minimum atomic E-state index is 0. The summed E-state index contributed by atoms with van der Waals surface area (Å²) in [5, 5.41) is 4.51. The molecular formula is C17H31IN6OS. The third kappa shape index (κ3) is 6.66. The Bertz CT molecular complexity index is 591. The standard InChI is InChI=1S/C17H30N6OS.HI/c1-13-14(2)25-15(20-13)12-19-17(18-3)23-10-8-22(9-11-23)7-6-16(24)21(4)5;/h6-12H2,1-5H3,(H,18,19);1H. The van der Waals surface area contributed by atoms with Gasteiger partial charge in [0.05, 0.1) is 12.2 Å². The Labute approximate surface area is 177 Å². The molecule has 1 aromatic heterocycles. The van der Waals surface area contributed by atoms with E-state index in [-0.39, 0.29) is 29.9 Å². The van der Waals surface area contributed by atoms with E-state index in [1.807, 2.05) is 14.0 Å². The summed E-state index contributed by atoms with van der Waals surface area (Å²) in [4.78, 5) is 28.2. The number of halogens is 1. The Morgan fingerprint density at radius 1 is 1.27 bits per heavy atom. The molecule has 1 aliphatic rings. The van der Waals surface area contributed by atoms with Gasteiger partial charge in [-0.3, -0.25) is 14.7 Å². The molecular weight excluding hydrogens is 463 g/mol. The molecule has 0 unspecified atom stereocenters. The molecule has 1 saturated heterocycles. The van der Waals surface area contributed by atoms with Crippen LogP contribution in [0.25, 0.3) is 0 Å². The molecule has 1 aliphatic heterocycles. The Hall–Kier alpha value is -0.940. The first kappa shape index (κ1) is 23.1. The Morgan fingerprint density at radius 2 is 1.92 bits per heavy atom. The summed E-state index contributed by atoms with van der Waals surface area (Å²) in [7, 11) is 5.44. The van der Waals surface area contributed by atoms with Gasteiger partial charge in [0.1, 0.15) is 5.01 Å². The molecule has 148 valence electrons. The zero-order chi connectivity index (χ0) is 18.4. The van der Waals surface area contributed by atoms with E-state index in [4.69, 9.17) is 0 Å². The number of guanidine groups is 1. The predicted molar refractivity (Wildman–Crippen MR) is 119 cm³/mol. The van der Waals surface area contributed by atoms with Crippen molar-refractivity contribution in [2.24, 2.45) is 4.99 Å². The number of aryl methyl sites for hydroxylation is 2. The lowest BCUT2D eigenvalue weighted by Gasteiger charge is -2.36. The first-order chi connectivity index (χ1) is 11.9. The van der Waals surface area contributed by atoms with E-state index in [0.29, 0.717) is 13.0 Å². The van der Waals surface area contributed by atoms with Crippen LogP contribution in [0, 0.1) is 13.8 Å². The van der Waals surface area contributed by atoms with Gasteiger partial charge in [0, 0.05) is 65.2 Å². The zero-order valence-electron chi connectivity index (χ0n) is 16.4. The fourth-order valence-electron chi connectivity index (χ4n) is 2.76. The molecule has 0 atom stereocenters. The van der Waals surface area contributed by atoms with Crippen LogP contribution in [0.4, 0.5) is 0 Å². The summed E-state index contributed by atoms with van der Waals surface area (Å²) in [5.41, 5.74) is 1.11. The SMILES string of the molecule is CN=C(NCc1nc(C)c(C)s1)N1CCN(CCC(=O)N(C)C)CC1.I. The summed E-state index contributed by atoms with van der Waals surface area (Å²) >= 11 is 1.73. The number of amides is 1. The van der Waals surface area contributed by atoms with Crippen LogP contribution < -0.4 is 5.32 Å². The van der Waals surface area contributed by atoms with E-state index >= 15 is 0 Å². The van der Waals surface area contributed by atoms with Crippen molar-refractivity contribution in [1.29, 1.82) is 0 Å². The number of carbonyl (C=O) groups excluding carboxylic acids is 1. The Morgan fingerprint density at radius 3 is 2.42 bits per heavy atom. The number of hydrogen-bond donors (Lipinski definition) is 1. The summed E-state index contributed by atoms with van der Waals surface area (Å²) < 4.78 is 0. The molecule has 0 aliphatic carbocycles. The largest absolute Gasteiger partial charge is 0.350 e. The second-order valence-electron chi connectivity index (χ2n) is 6.52. The first-order valence-electron chi connectivity index (χ1n) is 8.71. The van der Waals surface area contributed by atoms with E-state index in [0.717, 1.165) is 49.4 Å². The Kier molecular flexibility index (Phi) is 9.80. The molecule has 1 N–H and O–H groups in total. The summed E-state index contributed by atoms with van der Waals surface area (Å²) in [5.74, 6) is 1.11. The van der Waals surface area contributed by atoms with Crippen LogP contribution in [0.1, 0.15) is 22.0 Å². The van der Waals surface area contributed by atoms with Gasteiger partial charge in [-0.15, -0.1) is 35.3 Å². The molecule has 9 heteroatoms. The van der Waals surface area contributed by atoms with E-state index in [2.05, 4.69) is 32.0 Å². The van der Waals surface area contributed by atoms with E-state index in [1.165, 1.54) is 4.88 Å². The molecule has 0 bridgehead atoms. The van der Waals surface area contributed by atoms with Crippen molar-refractivity contribution in [1.82, 2.24) is 25.0 Å². The maximum absolute atomic E-state index is 11.7. The number of hydrogen-bond acceptors (Lipinski definition) is 5. The number of nitrogens with one attached hydrogen (secondary N) is 1. The number of thiazole rings is 1. The van der Waals surface area contributed by atoms with Crippen molar-refractivity contribution in [2.45, 2.75) is 26.8 Å². The first-order valence-corrected chi connectivity index (χ1v) is 9.53. The molecule has 0 spiro atoms. The van der Waals surface area contributed by atoms with Crippen LogP contribution in [0.5, 0.6) is 0 Å². The van der Waals surface area contributed by atoms with Gasteiger partial charge in [-0.05, 0) is 13.8 Å². The molecule has 0 saturated carbocycles. The monoisotopic (exact) mass is 494 g/mol. The zero-order valence-corrected chi connectivity index (χ0v) is 19.6. The van der Waals surface area contributed by atoms with Gasteiger partial charge in [-0.25, -0.2) is 4.98 Å². The minimum absolute atomic E-state index is 0. The topological polar surface area (TPSA) is 64.1 Å². The number of rotatable bonds is 5. The van der Waals surface area contributed by atoms with Crippen LogP contribution >= 0.6 is 35.3 Å². The van der Waals surface area contributed by atoms with Gasteiger partial charge < -0.3 is 15.1 Å². The molecule has 7 nitrogen and oxygen atoms in total. The fraction of sp³-hybridized carbons (Fsp3) is 0.706. The summed E-state index contributed by atoms with van der Waals surface area (Å²) in [6, 6.07) is 0. The third-order valence-electron chi connectivity index (χ3n) is 4.49. The van der Waals surface area contributed by atoms with E-state index in [1.54, 1.807) is 30.3 Å². The summed E-state index contributed by atoms with van der Waals surface area (Å²) in [6.45, 7) is 9.44. The van der Waals surface area contributed by atoms with E-state index < -0.39 is 0 Å². The van der Waals surface area contributed by atoms with Crippen LogP contribution in [0.2, 0.25) is 0 Å². The smallest absolute Gasteiger partial charge is 0.223 e. The number of nitrogens with zero attached hydrogens (tertiary/aromatic N) is 5. The molecule has 1 aromatic rings. The van der Waals surface area contributed by atoms with E-state index in [9.17, 15) is 4.79 Å². The predicted octanol–water partition coefficient (Wildman–Crippen LogP) is 1.55. The lowest BCUT2D eigenvalue weighted by Crippen LogP contribution is -2.52. The van der Waals surface area contributed by atoms with Crippen molar-refractivity contribution in [3.8, 4) is 0 Å². The van der Waals surface area contributed by atoms with Crippen molar-refractivity contribution in [3.63, 3.8) is 0 Å². The molecule has 2 rings (SSSR count). The average molecular weight is 494 g/mol. The van der Waals surface area contributed by atoms with Gasteiger partial charge in [-0.2, -0.15) is 0 Å². The molecule has 2 heterocycles. The molecule has 26 heavy (non-hydrogen) atoms. The molecule has 0 aromatic carbocycles. The van der Waals surface area contributed by atoms with Crippen LogP contribution in [-0.2, 0) is 11.3 Å². The molecule has 0 radical (unpaired) electrons. The quantitative estimate of drug-likeness (QED) is 0.383. The number of carbonyl (C=O) groups is 1. The van der Waals surface area contributed by atoms with Crippen LogP contribution in [0.3, 0.4) is 0 Å². The third-order valence-corrected chi connectivity index (χ3v) is 5.57. The highest BCUT2D eigenvalue weighted by Gasteiger charge is 2.20. The second kappa shape index (κ2) is 11.0. The van der Waals surface area contributed by atoms with Gasteiger partial charge >= 0.3 is 0 Å². The highest BCUT2D eigenvalue weighted by molar-refractivity contribution is 14.0. The highest BCUT2D eigenvalue weighted by atomic mass is 127. The van der Waals surface area contributed by atoms with Crippen molar-refractivity contribution < 1.29 is 4.79 Å². The maximum Gasteiger partial charge on any atom is 0.223 e. The number of piperazine rings is 1. The maximum atomic E-state index is 11.7. The lowest BCUT2D eigenvalue weighted by molar-refractivity contribution is -0.129. The van der Waals surface area contributed by atoms with Crippen molar-refractivity contribution in [2.75, 3.05) is 53.9 Å². The van der Waals surface area contributed by atoms with Crippen LogP contribution in [-0.4, -0.2) is 85.4 Å². The van der Waals surface area contributed by atoms with Crippen molar-refractivity contribution >= 4 is 47.2 Å². The Balaban J connectivity index is 0.00000338. The van der Waals surface area contributed by atoms with Gasteiger partial charge in [-0.1, -0.05) is 0 Å². The van der Waals surface area contributed by atoms with Gasteiger partial charge in [0.25, 0.3) is 0 Å². The summed E-state index contributed by atoms with van der Waals surface area (Å²) in [6.07, 6.45) is 0.586. The number of aliphatic imine (C=N–C) groups is 1. The highest BCUT2D eigenvalue weighted by Crippen LogP contribution is 2.16. The van der Waals surface area contributed by atoms with Crippen molar-refractivity contribution in [3.05, 3.63) is 15.6 Å². The minimum Gasteiger partial charge on any atom is -0.350 e.